The minimum Gasteiger partial charge on any atom is -0.458 e. The van der Waals surface area contributed by atoms with Gasteiger partial charge >= 0.3 is 0 Å². The molecule has 2 amide bonds. The summed E-state index contributed by atoms with van der Waals surface area (Å²) < 4.78 is 11.2. The maximum Gasteiger partial charge on any atom is 0.251 e. The Hall–Kier alpha value is -3.83. The van der Waals surface area contributed by atoms with E-state index in [1.807, 2.05) is 42.6 Å². The summed E-state index contributed by atoms with van der Waals surface area (Å²) in [5, 5.41) is 17.2. The first kappa shape index (κ1) is 23.9. The van der Waals surface area contributed by atoms with Gasteiger partial charge < -0.3 is 14.5 Å². The van der Waals surface area contributed by atoms with Crippen molar-refractivity contribution in [1.82, 2.24) is 25.5 Å². The number of nitrogens with zero attached hydrogens (tertiary/aromatic N) is 5. The van der Waals surface area contributed by atoms with E-state index in [2.05, 4.69) is 20.7 Å². The Morgan fingerprint density at radius 3 is 2.75 bits per heavy atom. The second-order valence-corrected chi connectivity index (χ2v) is 9.43. The number of carbonyl (C=O) groups is 2. The highest BCUT2D eigenvalue weighted by molar-refractivity contribution is 7.10. The molecule has 186 valence electrons. The summed E-state index contributed by atoms with van der Waals surface area (Å²) in [5.74, 6) is 0.845. The standard InChI is InChI=1S/C25H26N6O4S/c1-17-11-12-20(35-17)24-27-29-30(28-24)16-22(32)31(18-7-3-2-4-8-18)23(21-10-6-14-36-21)25(33)26-15-19-9-5-13-34-19/h2-4,6-8,10-12,14,19,23H,5,9,13,15-16H2,1H3,(H,26,33)/t19-,23+/m0/s1. The number of amides is 2. The van der Waals surface area contributed by atoms with Gasteiger partial charge in [0.1, 0.15) is 18.3 Å². The molecule has 0 unspecified atom stereocenters. The number of ether oxygens (including phenoxy) is 1. The van der Waals surface area contributed by atoms with E-state index in [9.17, 15) is 9.59 Å². The molecule has 0 radical (unpaired) electrons. The number of furan rings is 1. The molecule has 5 rings (SSSR count). The Morgan fingerprint density at radius 2 is 2.06 bits per heavy atom. The maximum absolute atomic E-state index is 13.7. The Bertz CT molecular complexity index is 1300. The smallest absolute Gasteiger partial charge is 0.251 e. The molecule has 10 nitrogen and oxygen atoms in total. The third kappa shape index (κ3) is 5.37. The third-order valence-electron chi connectivity index (χ3n) is 5.84. The van der Waals surface area contributed by atoms with Gasteiger partial charge in [-0.15, -0.1) is 21.5 Å². The van der Waals surface area contributed by atoms with E-state index in [1.54, 1.807) is 24.3 Å². The summed E-state index contributed by atoms with van der Waals surface area (Å²) in [7, 11) is 0. The molecule has 0 bridgehead atoms. The Morgan fingerprint density at radius 1 is 1.19 bits per heavy atom. The van der Waals surface area contributed by atoms with Crippen LogP contribution in [0.2, 0.25) is 0 Å². The predicted octanol–water partition coefficient (Wildman–Crippen LogP) is 3.37. The summed E-state index contributed by atoms with van der Waals surface area (Å²) in [6.45, 7) is 2.72. The van der Waals surface area contributed by atoms with E-state index in [-0.39, 0.29) is 30.3 Å². The summed E-state index contributed by atoms with van der Waals surface area (Å²) in [6, 6.07) is 15.5. The highest BCUT2D eigenvalue weighted by atomic mass is 32.1. The Labute approximate surface area is 211 Å². The van der Waals surface area contributed by atoms with E-state index in [0.717, 1.165) is 23.5 Å². The van der Waals surface area contributed by atoms with Crippen LogP contribution in [-0.2, 0) is 20.9 Å². The van der Waals surface area contributed by atoms with Crippen LogP contribution in [0.3, 0.4) is 0 Å². The van der Waals surface area contributed by atoms with Crippen LogP contribution in [-0.4, -0.2) is 51.3 Å². The number of anilines is 1. The van der Waals surface area contributed by atoms with Crippen LogP contribution in [0.5, 0.6) is 0 Å². The quantitative estimate of drug-likeness (QED) is 0.370. The minimum atomic E-state index is -0.864. The van der Waals surface area contributed by atoms with Gasteiger partial charge in [0.25, 0.3) is 5.91 Å². The van der Waals surface area contributed by atoms with Crippen molar-refractivity contribution < 1.29 is 18.7 Å². The highest BCUT2D eigenvalue weighted by Gasteiger charge is 2.34. The average Bonchev–Trinajstić information content (AvgIpc) is 3.69. The molecule has 1 aliphatic heterocycles. The maximum atomic E-state index is 13.7. The van der Waals surface area contributed by atoms with Crippen molar-refractivity contribution in [2.75, 3.05) is 18.1 Å². The lowest BCUT2D eigenvalue weighted by molar-refractivity contribution is -0.127. The molecule has 4 heterocycles. The SMILES string of the molecule is Cc1ccc(-c2nnn(CC(=O)N(c3ccccc3)[C@@H](C(=O)NC[C@@H]3CCCO3)c3cccs3)n2)o1. The van der Waals surface area contributed by atoms with Crippen LogP contribution in [0.25, 0.3) is 11.6 Å². The van der Waals surface area contributed by atoms with Crippen LogP contribution in [0.4, 0.5) is 5.69 Å². The first-order valence-electron chi connectivity index (χ1n) is 11.7. The van der Waals surface area contributed by atoms with Crippen molar-refractivity contribution >= 4 is 28.8 Å². The number of rotatable bonds is 9. The number of nitrogens with one attached hydrogen (secondary N) is 1. The molecule has 1 aromatic carbocycles. The molecule has 1 N–H and O–H groups in total. The number of aromatic nitrogens is 4. The summed E-state index contributed by atoms with van der Waals surface area (Å²) in [6.07, 6.45) is 1.87. The van der Waals surface area contributed by atoms with Gasteiger partial charge in [0, 0.05) is 23.7 Å². The molecule has 4 aromatic rings. The Kier molecular flexibility index (Phi) is 7.19. The zero-order chi connectivity index (χ0) is 24.9. The molecule has 1 fully saturated rings. The molecule has 3 aromatic heterocycles. The van der Waals surface area contributed by atoms with Gasteiger partial charge in [0.05, 0.1) is 6.10 Å². The molecule has 2 atom stereocenters. The number of carbonyl (C=O) groups excluding carboxylic acids is 2. The van der Waals surface area contributed by atoms with Crippen LogP contribution < -0.4 is 10.2 Å². The van der Waals surface area contributed by atoms with E-state index < -0.39 is 6.04 Å². The molecule has 11 heteroatoms. The van der Waals surface area contributed by atoms with Gasteiger partial charge in [-0.25, -0.2) is 0 Å². The monoisotopic (exact) mass is 506 g/mol. The lowest BCUT2D eigenvalue weighted by atomic mass is 10.1. The number of hydrogen-bond donors (Lipinski definition) is 1. The minimum absolute atomic E-state index is 0.0122. The molecular formula is C25H26N6O4S. The van der Waals surface area contributed by atoms with E-state index >= 15 is 0 Å². The van der Waals surface area contributed by atoms with Gasteiger partial charge in [-0.2, -0.15) is 4.80 Å². The molecule has 0 saturated carbocycles. The number of benzene rings is 1. The fraction of sp³-hybridized carbons (Fsp3) is 0.320. The summed E-state index contributed by atoms with van der Waals surface area (Å²) in [4.78, 5) is 30.7. The van der Waals surface area contributed by atoms with Crippen molar-refractivity contribution in [2.24, 2.45) is 0 Å². The van der Waals surface area contributed by atoms with Gasteiger partial charge in [-0.3, -0.25) is 14.5 Å². The Balaban J connectivity index is 1.42. The topological polar surface area (TPSA) is 115 Å². The number of hydrogen-bond acceptors (Lipinski definition) is 8. The second kappa shape index (κ2) is 10.8. The first-order valence-corrected chi connectivity index (χ1v) is 12.6. The first-order chi connectivity index (χ1) is 17.6. The van der Waals surface area contributed by atoms with Crippen molar-refractivity contribution in [3.63, 3.8) is 0 Å². The third-order valence-corrected chi connectivity index (χ3v) is 6.77. The lowest BCUT2D eigenvalue weighted by Crippen LogP contribution is -2.46. The molecule has 36 heavy (non-hydrogen) atoms. The highest BCUT2D eigenvalue weighted by Crippen LogP contribution is 2.31. The predicted molar refractivity (Wildman–Crippen MR) is 133 cm³/mol. The lowest BCUT2D eigenvalue weighted by Gasteiger charge is -2.30. The summed E-state index contributed by atoms with van der Waals surface area (Å²) in [5.41, 5.74) is 0.593. The zero-order valence-corrected chi connectivity index (χ0v) is 20.6. The zero-order valence-electron chi connectivity index (χ0n) is 19.7. The van der Waals surface area contributed by atoms with Gasteiger partial charge in [0.15, 0.2) is 5.76 Å². The van der Waals surface area contributed by atoms with E-state index in [4.69, 9.17) is 9.15 Å². The van der Waals surface area contributed by atoms with Gasteiger partial charge in [-0.05, 0) is 60.7 Å². The number of tetrazole rings is 1. The molecule has 1 saturated heterocycles. The van der Waals surface area contributed by atoms with Crippen LogP contribution >= 0.6 is 11.3 Å². The fourth-order valence-electron chi connectivity index (χ4n) is 4.12. The van der Waals surface area contributed by atoms with Crippen molar-refractivity contribution in [3.8, 4) is 11.6 Å². The van der Waals surface area contributed by atoms with Crippen LogP contribution in [0.1, 0.15) is 29.5 Å². The number of para-hydroxylation sites is 1. The van der Waals surface area contributed by atoms with Crippen molar-refractivity contribution in [3.05, 3.63) is 70.6 Å². The fourth-order valence-corrected chi connectivity index (χ4v) is 4.94. The molecular weight excluding hydrogens is 480 g/mol. The average molecular weight is 507 g/mol. The van der Waals surface area contributed by atoms with Crippen molar-refractivity contribution in [2.45, 2.75) is 38.5 Å². The largest absolute Gasteiger partial charge is 0.458 e. The molecule has 0 aliphatic carbocycles. The number of aryl methyl sites for hydroxylation is 1. The van der Waals surface area contributed by atoms with E-state index in [0.29, 0.717) is 24.6 Å². The van der Waals surface area contributed by atoms with Crippen molar-refractivity contribution in [1.29, 1.82) is 0 Å². The molecule has 0 spiro atoms. The van der Waals surface area contributed by atoms with E-state index in [1.165, 1.54) is 21.0 Å². The van der Waals surface area contributed by atoms with Gasteiger partial charge in [0.2, 0.25) is 11.7 Å². The number of thiophene rings is 1. The second-order valence-electron chi connectivity index (χ2n) is 8.45. The van der Waals surface area contributed by atoms with Crippen LogP contribution in [0, 0.1) is 6.92 Å². The normalized spacial score (nSPS) is 16.1. The van der Waals surface area contributed by atoms with Gasteiger partial charge in [-0.1, -0.05) is 24.3 Å². The van der Waals surface area contributed by atoms with Crippen LogP contribution in [0.15, 0.2) is 64.4 Å². The molecule has 1 aliphatic rings. The summed E-state index contributed by atoms with van der Waals surface area (Å²) >= 11 is 1.42.